The SMILES string of the molecule is CCn1c(-c2cccnc2[C@H](C)OC)c(CC(C)(C)COC(=O)[Si])c2cc(-c3csc(C[C@H](NC(=O)[C@H](C(C)C)N(C)C(=O)N4CCCC4)C(=O)N4CCCCN4)n3)ccc21. The summed E-state index contributed by atoms with van der Waals surface area (Å²) >= 11 is 1.45. The van der Waals surface area contributed by atoms with Gasteiger partial charge >= 0.3 is 6.03 Å². The van der Waals surface area contributed by atoms with Crippen molar-refractivity contribution in [1.82, 2.24) is 40.1 Å². The fourth-order valence-corrected chi connectivity index (χ4v) is 9.57. The second-order valence-electron chi connectivity index (χ2n) is 17.3. The van der Waals surface area contributed by atoms with Crippen molar-refractivity contribution in [2.75, 3.05) is 46.9 Å². The number of hydrogen-bond donors (Lipinski definition) is 2. The molecule has 3 atom stereocenters. The highest BCUT2D eigenvalue weighted by Crippen LogP contribution is 2.42. The molecule has 3 radical (unpaired) electrons. The van der Waals surface area contributed by atoms with Crippen molar-refractivity contribution in [3.05, 3.63) is 58.2 Å². The number of likely N-dealkylation sites (N-methyl/N-ethyl adjacent to an activating group) is 1. The van der Waals surface area contributed by atoms with Crippen molar-refractivity contribution >= 4 is 55.9 Å². The number of nitrogens with zero attached hydrogens (tertiary/aromatic N) is 6. The van der Waals surface area contributed by atoms with Gasteiger partial charge in [-0.15, -0.1) is 11.3 Å². The number of benzene rings is 1. The Labute approximate surface area is 367 Å². The summed E-state index contributed by atoms with van der Waals surface area (Å²) in [6, 6.07) is 8.57. The normalized spacial score (nSPS) is 16.2. The molecule has 2 aliphatic rings. The fourth-order valence-electron chi connectivity index (χ4n) is 8.65. The number of fused-ring (bicyclic) bond motifs is 1. The van der Waals surface area contributed by atoms with Crippen LogP contribution in [0.2, 0.25) is 0 Å². The standard InChI is InChI=1S/C45H61N8O6SSi/c1-9-52-36-17-16-30(23-32(36)33(25-45(5,6)27-59-44(57)61)40(52)31-15-14-18-46-38(31)29(4)58-8)35-26-60-37(48-35)24-34(42(55)53-22-11-10-19-47-53)49-41(54)39(28(2)3)50(7)43(56)51-20-12-13-21-51/h14-18,23,26,28-29,34,39,47H,9-13,19-22,24-25,27H2,1-8H3,(H,49,54)/t29-,34-,39-/m0/s1. The number of amides is 4. The van der Waals surface area contributed by atoms with Crippen LogP contribution >= 0.6 is 11.3 Å². The molecule has 0 unspecified atom stereocenters. The molecule has 2 saturated heterocycles. The first-order valence-electron chi connectivity index (χ1n) is 21.5. The average molecular weight is 870 g/mol. The molecular weight excluding hydrogens is 809 g/mol. The Morgan fingerprint density at radius 1 is 1.07 bits per heavy atom. The van der Waals surface area contributed by atoms with Crippen LogP contribution in [-0.4, -0.2) is 122 Å². The lowest BCUT2D eigenvalue weighted by Gasteiger charge is -2.35. The number of thiazole rings is 1. The number of pyridine rings is 1. The van der Waals surface area contributed by atoms with E-state index < -0.39 is 23.1 Å². The molecule has 0 spiro atoms. The van der Waals surface area contributed by atoms with E-state index in [0.29, 0.717) is 44.2 Å². The number of hydrazine groups is 1. The summed E-state index contributed by atoms with van der Waals surface area (Å²) in [6.07, 6.45) is 6.04. The smallest absolute Gasteiger partial charge is 0.320 e. The first-order chi connectivity index (χ1) is 29.1. The molecule has 4 amide bonds. The van der Waals surface area contributed by atoms with E-state index >= 15 is 0 Å². The van der Waals surface area contributed by atoms with Crippen molar-refractivity contribution in [3.8, 4) is 22.5 Å². The Hall–Kier alpha value is -4.64. The molecule has 14 nitrogen and oxygen atoms in total. The number of aryl methyl sites for hydroxylation is 1. The number of urea groups is 1. The van der Waals surface area contributed by atoms with Gasteiger partial charge in [-0.2, -0.15) is 0 Å². The predicted octanol–water partition coefficient (Wildman–Crippen LogP) is 6.75. The van der Waals surface area contributed by atoms with Crippen LogP contribution < -0.4 is 10.7 Å². The molecule has 327 valence electrons. The lowest BCUT2D eigenvalue weighted by Crippen LogP contribution is -2.60. The number of ether oxygens (including phenoxy) is 2. The Morgan fingerprint density at radius 2 is 1.80 bits per heavy atom. The van der Waals surface area contributed by atoms with Gasteiger partial charge in [0, 0.05) is 92.3 Å². The highest BCUT2D eigenvalue weighted by atomic mass is 32.1. The highest BCUT2D eigenvalue weighted by molar-refractivity contribution is 7.10. The second-order valence-corrected chi connectivity index (χ2v) is 18.7. The van der Waals surface area contributed by atoms with Crippen LogP contribution in [0.15, 0.2) is 41.9 Å². The fraction of sp³-hybridized carbons (Fsp3) is 0.556. The molecule has 2 aliphatic heterocycles. The maximum Gasteiger partial charge on any atom is 0.320 e. The third-order valence-electron chi connectivity index (χ3n) is 11.8. The number of nitrogens with one attached hydrogen (secondary N) is 2. The molecule has 3 aromatic heterocycles. The van der Waals surface area contributed by atoms with Crippen LogP contribution in [0.3, 0.4) is 0 Å². The van der Waals surface area contributed by atoms with E-state index in [4.69, 9.17) is 19.4 Å². The molecule has 2 N–H and O–H groups in total. The summed E-state index contributed by atoms with van der Waals surface area (Å²) in [5.41, 5.74) is 8.92. The quantitative estimate of drug-likeness (QED) is 0.117. The lowest BCUT2D eigenvalue weighted by molar-refractivity contribution is -0.141. The zero-order valence-electron chi connectivity index (χ0n) is 36.9. The molecular formula is C45H61N8O6SSi. The first-order valence-corrected chi connectivity index (χ1v) is 22.8. The Morgan fingerprint density at radius 3 is 2.46 bits per heavy atom. The van der Waals surface area contributed by atoms with E-state index in [-0.39, 0.29) is 42.9 Å². The summed E-state index contributed by atoms with van der Waals surface area (Å²) in [5, 5.41) is 8.42. The number of carbonyl (C=O) groups is 4. The number of hydrogen-bond acceptors (Lipinski definition) is 10. The summed E-state index contributed by atoms with van der Waals surface area (Å²) < 4.78 is 13.6. The van der Waals surface area contributed by atoms with E-state index in [2.05, 4.69) is 70.6 Å². The van der Waals surface area contributed by atoms with Crippen LogP contribution in [0.4, 0.5) is 9.59 Å². The van der Waals surface area contributed by atoms with Gasteiger partial charge < -0.3 is 29.2 Å². The van der Waals surface area contributed by atoms with Crippen LogP contribution in [0.1, 0.15) is 89.6 Å². The van der Waals surface area contributed by atoms with Crippen LogP contribution in [0, 0.1) is 11.3 Å². The summed E-state index contributed by atoms with van der Waals surface area (Å²) in [5.74, 6) is -0.782. The van der Waals surface area contributed by atoms with Gasteiger partial charge in [0.05, 0.1) is 34.8 Å². The second kappa shape index (κ2) is 20.0. The molecule has 0 aliphatic carbocycles. The van der Waals surface area contributed by atoms with Crippen LogP contribution in [0.25, 0.3) is 33.4 Å². The number of carbonyl (C=O) groups excluding carboxylic acids is 4. The zero-order chi connectivity index (χ0) is 44.0. The zero-order valence-corrected chi connectivity index (χ0v) is 38.7. The minimum absolute atomic E-state index is 0.172. The maximum atomic E-state index is 14.2. The summed E-state index contributed by atoms with van der Waals surface area (Å²) in [6.45, 7) is 15.6. The number of aromatic nitrogens is 3. The molecule has 0 bridgehead atoms. The molecule has 61 heavy (non-hydrogen) atoms. The Kier molecular flexibility index (Phi) is 15.1. The van der Waals surface area contributed by atoms with Gasteiger partial charge in [-0.25, -0.2) is 15.2 Å². The predicted molar refractivity (Wildman–Crippen MR) is 239 cm³/mol. The number of rotatable bonds is 16. The van der Waals surface area contributed by atoms with Crippen molar-refractivity contribution < 1.29 is 28.7 Å². The highest BCUT2D eigenvalue weighted by Gasteiger charge is 2.37. The topological polar surface area (TPSA) is 151 Å². The van der Waals surface area contributed by atoms with E-state index in [1.54, 1.807) is 30.3 Å². The molecule has 5 heterocycles. The van der Waals surface area contributed by atoms with Crippen molar-refractivity contribution in [2.45, 2.75) is 105 Å². The van der Waals surface area contributed by atoms with Crippen molar-refractivity contribution in [2.24, 2.45) is 11.3 Å². The average Bonchev–Trinajstić information content (AvgIpc) is 4.02. The Bertz CT molecular complexity index is 2190. The minimum atomic E-state index is -0.900. The van der Waals surface area contributed by atoms with Crippen LogP contribution in [0.5, 0.6) is 0 Å². The summed E-state index contributed by atoms with van der Waals surface area (Å²) in [7, 11) is 6.34. The summed E-state index contributed by atoms with van der Waals surface area (Å²) in [4.78, 5) is 66.7. The largest absolute Gasteiger partial charge is 0.470 e. The minimum Gasteiger partial charge on any atom is -0.470 e. The van der Waals surface area contributed by atoms with Gasteiger partial charge in [-0.1, -0.05) is 33.8 Å². The third-order valence-corrected chi connectivity index (χ3v) is 12.8. The Balaban J connectivity index is 1.36. The van der Waals surface area contributed by atoms with Crippen molar-refractivity contribution in [1.29, 1.82) is 0 Å². The van der Waals surface area contributed by atoms with Gasteiger partial charge in [0.1, 0.15) is 12.1 Å². The van der Waals surface area contributed by atoms with E-state index in [9.17, 15) is 19.2 Å². The van der Waals surface area contributed by atoms with Gasteiger partial charge in [-0.3, -0.25) is 24.4 Å². The molecule has 1 aromatic carbocycles. The van der Waals surface area contributed by atoms with E-state index in [1.807, 2.05) is 32.2 Å². The van der Waals surface area contributed by atoms with E-state index in [0.717, 1.165) is 70.4 Å². The van der Waals surface area contributed by atoms with Gasteiger partial charge in [0.2, 0.25) is 5.91 Å². The molecule has 4 aromatic rings. The number of likely N-dealkylation sites (tertiary alicyclic amines) is 1. The van der Waals surface area contributed by atoms with Gasteiger partial charge in [-0.05, 0) is 81.7 Å². The monoisotopic (exact) mass is 869 g/mol. The first kappa shape index (κ1) is 45.9. The van der Waals surface area contributed by atoms with Crippen LogP contribution in [-0.2, 0) is 38.4 Å². The van der Waals surface area contributed by atoms with E-state index in [1.165, 1.54) is 16.2 Å². The molecule has 6 rings (SSSR count). The third kappa shape index (κ3) is 10.5. The van der Waals surface area contributed by atoms with Gasteiger partial charge in [0.25, 0.3) is 11.5 Å². The van der Waals surface area contributed by atoms with Gasteiger partial charge in [0.15, 0.2) is 10.2 Å². The molecule has 0 saturated carbocycles. The maximum absolute atomic E-state index is 14.2. The van der Waals surface area contributed by atoms with Crippen molar-refractivity contribution in [3.63, 3.8) is 0 Å². The lowest BCUT2D eigenvalue weighted by atomic mass is 9.84. The number of methoxy groups -OCH3 is 1. The molecule has 2 fully saturated rings. The molecule has 16 heteroatoms.